The van der Waals surface area contributed by atoms with E-state index in [1.807, 2.05) is 37.3 Å². The van der Waals surface area contributed by atoms with E-state index < -0.39 is 0 Å². The molecule has 2 N–H and O–H groups in total. The Morgan fingerprint density at radius 1 is 1.22 bits per heavy atom. The van der Waals surface area contributed by atoms with Crippen LogP contribution in [0, 0.1) is 18.3 Å². The van der Waals surface area contributed by atoms with Crippen LogP contribution >= 0.6 is 0 Å². The fourth-order valence-electron chi connectivity index (χ4n) is 1.64. The highest BCUT2D eigenvalue weighted by molar-refractivity contribution is 5.58. The first-order valence-electron chi connectivity index (χ1n) is 5.67. The fourth-order valence-corrected chi connectivity index (χ4v) is 1.64. The van der Waals surface area contributed by atoms with Gasteiger partial charge in [-0.05, 0) is 30.2 Å². The molecule has 0 amide bonds. The van der Waals surface area contributed by atoms with Crippen molar-refractivity contribution in [2.45, 2.75) is 13.5 Å². The second-order valence-corrected chi connectivity index (χ2v) is 4.09. The van der Waals surface area contributed by atoms with E-state index in [-0.39, 0.29) is 0 Å². The summed E-state index contributed by atoms with van der Waals surface area (Å²) in [6, 6.07) is 15.4. The zero-order valence-corrected chi connectivity index (χ0v) is 10.2. The number of nitriles is 1. The largest absolute Gasteiger partial charge is 0.488 e. The van der Waals surface area contributed by atoms with E-state index in [9.17, 15) is 0 Å². The molecule has 18 heavy (non-hydrogen) atoms. The molecule has 0 aliphatic heterocycles. The number of hydrogen-bond acceptors (Lipinski definition) is 3. The number of nitrogens with two attached hydrogens (primary N) is 1. The number of rotatable bonds is 3. The molecular weight excluding hydrogens is 224 g/mol. The van der Waals surface area contributed by atoms with Crippen LogP contribution in [0.5, 0.6) is 5.75 Å². The van der Waals surface area contributed by atoms with Crippen molar-refractivity contribution < 1.29 is 4.74 Å². The molecule has 2 rings (SSSR count). The third-order valence-corrected chi connectivity index (χ3v) is 2.73. The van der Waals surface area contributed by atoms with Crippen molar-refractivity contribution in [1.29, 1.82) is 5.26 Å². The van der Waals surface area contributed by atoms with E-state index in [0.717, 1.165) is 11.1 Å². The van der Waals surface area contributed by atoms with E-state index in [2.05, 4.69) is 6.07 Å². The second-order valence-electron chi connectivity index (χ2n) is 4.09. The highest BCUT2D eigenvalue weighted by atomic mass is 16.5. The van der Waals surface area contributed by atoms with Gasteiger partial charge in [0.1, 0.15) is 18.4 Å². The lowest BCUT2D eigenvalue weighted by Gasteiger charge is -2.10. The minimum absolute atomic E-state index is 0.443. The Balaban J connectivity index is 2.19. The lowest BCUT2D eigenvalue weighted by Crippen LogP contribution is -1.99. The summed E-state index contributed by atoms with van der Waals surface area (Å²) in [7, 11) is 0. The molecule has 0 aliphatic rings. The van der Waals surface area contributed by atoms with Crippen LogP contribution in [0.4, 0.5) is 5.69 Å². The molecule has 0 saturated heterocycles. The predicted molar refractivity (Wildman–Crippen MR) is 71.1 cm³/mol. The van der Waals surface area contributed by atoms with Gasteiger partial charge in [-0.15, -0.1) is 0 Å². The molecule has 0 radical (unpaired) electrons. The van der Waals surface area contributed by atoms with Gasteiger partial charge in [0.05, 0.1) is 5.56 Å². The molecule has 3 heteroatoms. The fraction of sp³-hybridized carbons (Fsp3) is 0.133. The summed E-state index contributed by atoms with van der Waals surface area (Å²) in [4.78, 5) is 0. The summed E-state index contributed by atoms with van der Waals surface area (Å²) < 4.78 is 5.67. The van der Waals surface area contributed by atoms with Crippen LogP contribution in [0.25, 0.3) is 0 Å². The average molecular weight is 238 g/mol. The third kappa shape index (κ3) is 2.61. The van der Waals surface area contributed by atoms with Crippen molar-refractivity contribution in [1.82, 2.24) is 0 Å². The molecule has 2 aromatic rings. The van der Waals surface area contributed by atoms with Crippen molar-refractivity contribution >= 4 is 5.69 Å². The van der Waals surface area contributed by atoms with Gasteiger partial charge in [-0.3, -0.25) is 0 Å². The smallest absolute Gasteiger partial charge is 0.137 e. The van der Waals surface area contributed by atoms with Crippen molar-refractivity contribution in [3.63, 3.8) is 0 Å². The van der Waals surface area contributed by atoms with Gasteiger partial charge in [0.15, 0.2) is 0 Å². The number of ether oxygens (including phenoxy) is 1. The summed E-state index contributed by atoms with van der Waals surface area (Å²) in [5.41, 5.74) is 8.82. The lowest BCUT2D eigenvalue weighted by molar-refractivity contribution is 0.305. The summed E-state index contributed by atoms with van der Waals surface area (Å²) in [5, 5.41) is 9.05. The molecule has 0 aromatic heterocycles. The Kier molecular flexibility index (Phi) is 3.49. The van der Waals surface area contributed by atoms with Crippen LogP contribution in [0.1, 0.15) is 16.7 Å². The molecular formula is C15H14N2O. The first-order valence-corrected chi connectivity index (χ1v) is 5.67. The molecule has 0 saturated carbocycles. The van der Waals surface area contributed by atoms with Gasteiger partial charge in [0.2, 0.25) is 0 Å². The number of anilines is 1. The van der Waals surface area contributed by atoms with Crippen LogP contribution in [-0.4, -0.2) is 0 Å². The normalized spacial score (nSPS) is 9.78. The highest BCUT2D eigenvalue weighted by Crippen LogP contribution is 2.25. The average Bonchev–Trinajstić information content (AvgIpc) is 2.41. The molecule has 0 heterocycles. The van der Waals surface area contributed by atoms with Gasteiger partial charge in [-0.1, -0.05) is 30.3 Å². The Bertz CT molecular complexity index is 585. The van der Waals surface area contributed by atoms with Gasteiger partial charge >= 0.3 is 0 Å². The summed E-state index contributed by atoms with van der Waals surface area (Å²) in [5.74, 6) is 0.577. The molecule has 0 bridgehead atoms. The Labute approximate surface area is 106 Å². The van der Waals surface area contributed by atoms with E-state index >= 15 is 0 Å². The zero-order valence-electron chi connectivity index (χ0n) is 10.2. The first kappa shape index (κ1) is 12.0. The first-order chi connectivity index (χ1) is 8.70. The Morgan fingerprint density at radius 3 is 2.61 bits per heavy atom. The van der Waals surface area contributed by atoms with Gasteiger partial charge in [-0.2, -0.15) is 5.26 Å². The minimum atomic E-state index is 0.443. The molecule has 0 fully saturated rings. The number of nitrogens with zero attached hydrogens (tertiary/aromatic N) is 1. The van der Waals surface area contributed by atoms with Crippen LogP contribution in [0.15, 0.2) is 42.5 Å². The van der Waals surface area contributed by atoms with Crippen LogP contribution in [-0.2, 0) is 6.61 Å². The van der Waals surface area contributed by atoms with E-state index in [1.165, 1.54) is 0 Å². The lowest BCUT2D eigenvalue weighted by atomic mass is 10.1. The predicted octanol–water partition coefficient (Wildman–Crippen LogP) is 3.03. The maximum Gasteiger partial charge on any atom is 0.137 e. The topological polar surface area (TPSA) is 59.0 Å². The minimum Gasteiger partial charge on any atom is -0.488 e. The van der Waals surface area contributed by atoms with Gasteiger partial charge in [0, 0.05) is 5.69 Å². The van der Waals surface area contributed by atoms with Crippen molar-refractivity contribution in [2.24, 2.45) is 0 Å². The maximum absolute atomic E-state index is 9.05. The zero-order chi connectivity index (χ0) is 13.0. The Morgan fingerprint density at radius 2 is 1.94 bits per heavy atom. The number of hydrogen-bond donors (Lipinski definition) is 1. The van der Waals surface area contributed by atoms with Gasteiger partial charge in [-0.25, -0.2) is 0 Å². The third-order valence-electron chi connectivity index (χ3n) is 2.73. The monoisotopic (exact) mass is 238 g/mol. The van der Waals surface area contributed by atoms with Crippen molar-refractivity contribution in [3.8, 4) is 11.8 Å². The van der Waals surface area contributed by atoms with Crippen LogP contribution in [0.2, 0.25) is 0 Å². The number of benzene rings is 2. The Hall–Kier alpha value is -2.47. The van der Waals surface area contributed by atoms with E-state index in [0.29, 0.717) is 23.6 Å². The molecule has 2 aromatic carbocycles. The van der Waals surface area contributed by atoms with Crippen molar-refractivity contribution in [2.75, 3.05) is 5.73 Å². The molecule has 90 valence electrons. The summed E-state index contributed by atoms with van der Waals surface area (Å²) >= 11 is 0. The van der Waals surface area contributed by atoms with Gasteiger partial charge in [0.25, 0.3) is 0 Å². The number of aryl methyl sites for hydroxylation is 1. The molecule has 0 atom stereocenters. The quantitative estimate of drug-likeness (QED) is 0.836. The molecule has 0 unspecified atom stereocenters. The summed E-state index contributed by atoms with van der Waals surface area (Å²) in [6.07, 6.45) is 0. The van der Waals surface area contributed by atoms with Crippen LogP contribution in [0.3, 0.4) is 0 Å². The molecule has 3 nitrogen and oxygen atoms in total. The standard InChI is InChI=1S/C15H14N2O/c1-11-7-15(13(9-16)8-14(11)17)18-10-12-5-3-2-4-6-12/h2-8H,10,17H2,1H3. The van der Waals surface area contributed by atoms with Gasteiger partial charge < -0.3 is 10.5 Å². The highest BCUT2D eigenvalue weighted by Gasteiger charge is 2.06. The van der Waals surface area contributed by atoms with Crippen molar-refractivity contribution in [3.05, 3.63) is 59.2 Å². The summed E-state index contributed by atoms with van der Waals surface area (Å²) in [6.45, 7) is 2.34. The van der Waals surface area contributed by atoms with Crippen LogP contribution < -0.4 is 10.5 Å². The maximum atomic E-state index is 9.05. The van der Waals surface area contributed by atoms with E-state index in [1.54, 1.807) is 12.1 Å². The van der Waals surface area contributed by atoms with E-state index in [4.69, 9.17) is 15.7 Å². The second kappa shape index (κ2) is 5.24. The molecule has 0 aliphatic carbocycles. The number of nitrogen functional groups attached to an aromatic ring is 1. The SMILES string of the molecule is Cc1cc(OCc2ccccc2)c(C#N)cc1N. The molecule has 0 spiro atoms.